The van der Waals surface area contributed by atoms with E-state index in [2.05, 4.69) is 10.1 Å². The fraction of sp³-hybridized carbons (Fsp3) is 0.632. The topological polar surface area (TPSA) is 58.6 Å². The van der Waals surface area contributed by atoms with Crippen LogP contribution in [0.4, 0.5) is 18.9 Å². The van der Waals surface area contributed by atoms with Crippen LogP contribution in [-0.4, -0.2) is 23.0 Å². The van der Waals surface area contributed by atoms with Crippen molar-refractivity contribution in [2.45, 2.75) is 56.9 Å². The van der Waals surface area contributed by atoms with Gasteiger partial charge in [0.15, 0.2) is 0 Å². The van der Waals surface area contributed by atoms with E-state index in [1.165, 1.54) is 24.3 Å². The van der Waals surface area contributed by atoms with Crippen LogP contribution >= 0.6 is 0 Å². The van der Waals surface area contributed by atoms with Crippen molar-refractivity contribution in [1.82, 2.24) is 0 Å². The Labute approximate surface area is 149 Å². The van der Waals surface area contributed by atoms with E-state index in [9.17, 15) is 23.1 Å². The molecule has 7 heteroatoms. The van der Waals surface area contributed by atoms with Crippen LogP contribution in [0, 0.1) is 17.3 Å². The molecular formula is C19H22F3NO3. The Morgan fingerprint density at radius 3 is 2.54 bits per heavy atom. The fourth-order valence-corrected chi connectivity index (χ4v) is 5.93. The van der Waals surface area contributed by atoms with Crippen LogP contribution in [0.1, 0.15) is 44.9 Å². The van der Waals surface area contributed by atoms with Crippen LogP contribution in [0.2, 0.25) is 0 Å². The Morgan fingerprint density at radius 1 is 1.23 bits per heavy atom. The molecule has 2 N–H and O–H groups in total. The van der Waals surface area contributed by atoms with E-state index in [0.717, 1.165) is 32.1 Å². The zero-order valence-electron chi connectivity index (χ0n) is 14.3. The first-order valence-electron chi connectivity index (χ1n) is 9.00. The minimum absolute atomic E-state index is 0.178. The monoisotopic (exact) mass is 369 g/mol. The Bertz CT molecular complexity index is 704. The van der Waals surface area contributed by atoms with E-state index in [1.54, 1.807) is 0 Å². The Morgan fingerprint density at radius 2 is 1.92 bits per heavy atom. The Kier molecular flexibility index (Phi) is 3.99. The number of carbonyl (C=O) groups is 1. The number of hydrogen-bond donors (Lipinski definition) is 2. The standard InChI is InChI=1S/C19H22F3NO3/c20-19(21,22)26-15-3-1-2-14(5-15)23-16(24)10-17-6-12-4-13(7-17)9-18(25,8-12)11-17/h1-3,5,12-13,25H,4,6-11H2,(H,23,24)/t12-,13-,17?,18?/m1/s1. The van der Waals surface area contributed by atoms with Gasteiger partial charge in [-0.15, -0.1) is 13.2 Å². The lowest BCUT2D eigenvalue weighted by Crippen LogP contribution is -2.56. The molecule has 4 bridgehead atoms. The molecule has 4 aliphatic carbocycles. The molecule has 4 fully saturated rings. The molecule has 5 rings (SSSR count). The third-order valence-electron chi connectivity index (χ3n) is 6.04. The zero-order valence-corrected chi connectivity index (χ0v) is 14.3. The number of nitrogens with one attached hydrogen (secondary N) is 1. The SMILES string of the molecule is O=C(CC12C[C@H]3C[C@@H](CC(O)(C3)C1)C2)Nc1cccc(OC(F)(F)F)c1. The number of benzene rings is 1. The van der Waals surface area contributed by atoms with Crippen molar-refractivity contribution in [3.05, 3.63) is 24.3 Å². The normalized spacial score (nSPS) is 35.4. The van der Waals surface area contributed by atoms with Gasteiger partial charge in [0.2, 0.25) is 5.91 Å². The molecule has 0 aromatic heterocycles. The minimum atomic E-state index is -4.77. The summed E-state index contributed by atoms with van der Waals surface area (Å²) in [5, 5.41) is 13.4. The van der Waals surface area contributed by atoms with Gasteiger partial charge in [-0.3, -0.25) is 4.79 Å². The van der Waals surface area contributed by atoms with Crippen molar-refractivity contribution in [2.24, 2.45) is 17.3 Å². The van der Waals surface area contributed by atoms with E-state index in [-0.39, 0.29) is 22.8 Å². The molecule has 0 unspecified atom stereocenters. The molecule has 1 aromatic rings. The molecule has 0 saturated heterocycles. The van der Waals surface area contributed by atoms with Gasteiger partial charge in [0.1, 0.15) is 5.75 Å². The van der Waals surface area contributed by atoms with E-state index >= 15 is 0 Å². The Hall–Kier alpha value is -1.76. The number of amides is 1. The maximum Gasteiger partial charge on any atom is 0.573 e. The quantitative estimate of drug-likeness (QED) is 0.834. The number of rotatable bonds is 4. The Balaban J connectivity index is 1.43. The van der Waals surface area contributed by atoms with Crippen LogP contribution in [0.5, 0.6) is 5.75 Å². The van der Waals surface area contributed by atoms with Crippen LogP contribution < -0.4 is 10.1 Å². The van der Waals surface area contributed by atoms with Crippen molar-refractivity contribution < 1.29 is 27.8 Å². The maximum absolute atomic E-state index is 12.5. The molecule has 0 radical (unpaired) electrons. The summed E-state index contributed by atoms with van der Waals surface area (Å²) in [6, 6.07) is 5.30. The number of anilines is 1. The van der Waals surface area contributed by atoms with Crippen LogP contribution in [0.25, 0.3) is 0 Å². The molecule has 4 nitrogen and oxygen atoms in total. The third-order valence-corrected chi connectivity index (χ3v) is 6.04. The molecule has 1 aromatic carbocycles. The predicted molar refractivity (Wildman–Crippen MR) is 88.4 cm³/mol. The second kappa shape index (κ2) is 5.87. The van der Waals surface area contributed by atoms with E-state index < -0.39 is 12.0 Å². The summed E-state index contributed by atoms with van der Waals surface area (Å²) in [5.41, 5.74) is -0.534. The summed E-state index contributed by atoms with van der Waals surface area (Å²) in [6.45, 7) is 0. The minimum Gasteiger partial charge on any atom is -0.406 e. The van der Waals surface area contributed by atoms with Crippen molar-refractivity contribution in [3.63, 3.8) is 0 Å². The van der Waals surface area contributed by atoms with Crippen molar-refractivity contribution in [3.8, 4) is 5.75 Å². The second-order valence-electron chi connectivity index (χ2n) is 8.49. The number of hydrogen-bond acceptors (Lipinski definition) is 3. The summed E-state index contributed by atoms with van der Waals surface area (Å²) < 4.78 is 40.9. The summed E-state index contributed by atoms with van der Waals surface area (Å²) >= 11 is 0. The summed E-state index contributed by atoms with van der Waals surface area (Å²) in [6.07, 6.45) is 0.907. The zero-order chi connectivity index (χ0) is 18.6. The first-order valence-corrected chi connectivity index (χ1v) is 9.00. The number of halogens is 3. The largest absolute Gasteiger partial charge is 0.573 e. The van der Waals surface area contributed by atoms with Crippen molar-refractivity contribution >= 4 is 11.6 Å². The smallest absolute Gasteiger partial charge is 0.406 e. The predicted octanol–water partition coefficient (Wildman–Crippen LogP) is 4.25. The summed E-state index contributed by atoms with van der Waals surface area (Å²) in [7, 11) is 0. The van der Waals surface area contributed by atoms with Gasteiger partial charge in [-0.25, -0.2) is 0 Å². The van der Waals surface area contributed by atoms with Gasteiger partial charge in [0.25, 0.3) is 0 Å². The van der Waals surface area contributed by atoms with Gasteiger partial charge >= 0.3 is 6.36 Å². The highest BCUT2D eigenvalue weighted by Crippen LogP contribution is 2.62. The molecule has 0 heterocycles. The summed E-state index contributed by atoms with van der Waals surface area (Å²) in [4.78, 5) is 12.5. The van der Waals surface area contributed by atoms with Gasteiger partial charge in [-0.2, -0.15) is 0 Å². The first-order chi connectivity index (χ1) is 12.1. The number of aliphatic hydroxyl groups is 1. The lowest BCUT2D eigenvalue weighted by atomic mass is 9.47. The van der Waals surface area contributed by atoms with Crippen LogP contribution in [0.15, 0.2) is 24.3 Å². The average molecular weight is 369 g/mol. The molecule has 2 atom stereocenters. The fourth-order valence-electron chi connectivity index (χ4n) is 5.93. The molecule has 142 valence electrons. The summed E-state index contributed by atoms with van der Waals surface area (Å²) in [5.74, 6) is 0.384. The second-order valence-corrected chi connectivity index (χ2v) is 8.49. The molecule has 0 spiro atoms. The highest BCUT2D eigenvalue weighted by atomic mass is 19.4. The average Bonchev–Trinajstić information content (AvgIpc) is 2.41. The van der Waals surface area contributed by atoms with E-state index in [1.807, 2.05) is 0 Å². The van der Waals surface area contributed by atoms with Gasteiger partial charge < -0.3 is 15.2 Å². The van der Waals surface area contributed by atoms with Crippen molar-refractivity contribution in [2.75, 3.05) is 5.32 Å². The first kappa shape index (κ1) is 17.6. The number of carbonyl (C=O) groups excluding carboxylic acids is 1. The third kappa shape index (κ3) is 3.68. The molecular weight excluding hydrogens is 347 g/mol. The lowest BCUT2D eigenvalue weighted by molar-refractivity contribution is -0.274. The van der Waals surface area contributed by atoms with Gasteiger partial charge in [-0.1, -0.05) is 6.07 Å². The lowest BCUT2D eigenvalue weighted by Gasteiger charge is -2.60. The molecule has 1 amide bonds. The molecule has 4 aliphatic rings. The molecule has 4 saturated carbocycles. The highest BCUT2D eigenvalue weighted by Gasteiger charge is 2.57. The maximum atomic E-state index is 12.5. The number of alkyl halides is 3. The van der Waals surface area contributed by atoms with Gasteiger partial charge in [0, 0.05) is 18.2 Å². The van der Waals surface area contributed by atoms with E-state index in [4.69, 9.17) is 0 Å². The molecule has 0 aliphatic heterocycles. The molecule has 26 heavy (non-hydrogen) atoms. The van der Waals surface area contributed by atoms with Gasteiger partial charge in [0.05, 0.1) is 5.60 Å². The van der Waals surface area contributed by atoms with Crippen molar-refractivity contribution in [1.29, 1.82) is 0 Å². The van der Waals surface area contributed by atoms with Gasteiger partial charge in [-0.05, 0) is 67.9 Å². The van der Waals surface area contributed by atoms with E-state index in [0.29, 0.717) is 24.7 Å². The highest BCUT2D eigenvalue weighted by molar-refractivity contribution is 5.91. The van der Waals surface area contributed by atoms with Crippen LogP contribution in [-0.2, 0) is 4.79 Å². The number of ether oxygens (including phenoxy) is 1. The van der Waals surface area contributed by atoms with Crippen LogP contribution in [0.3, 0.4) is 0 Å².